The van der Waals surface area contributed by atoms with Gasteiger partial charge in [-0.05, 0) is 32.7 Å². The number of rotatable bonds is 2. The van der Waals surface area contributed by atoms with Crippen LogP contribution in [0.2, 0.25) is 0 Å². The lowest BCUT2D eigenvalue weighted by atomic mass is 9.92. The van der Waals surface area contributed by atoms with Gasteiger partial charge in [0.1, 0.15) is 0 Å². The molecule has 0 aromatic heterocycles. The van der Waals surface area contributed by atoms with Gasteiger partial charge in [0.2, 0.25) is 0 Å². The van der Waals surface area contributed by atoms with Crippen LogP contribution in [0.3, 0.4) is 0 Å². The van der Waals surface area contributed by atoms with Crippen LogP contribution in [0, 0.1) is 5.92 Å². The van der Waals surface area contributed by atoms with Crippen LogP contribution in [-0.2, 0) is 0 Å². The van der Waals surface area contributed by atoms with Crippen LogP contribution in [-0.4, -0.2) is 24.8 Å². The van der Waals surface area contributed by atoms with Crippen molar-refractivity contribution in [1.29, 1.82) is 0 Å². The lowest BCUT2D eigenvalue weighted by Crippen LogP contribution is -2.32. The van der Waals surface area contributed by atoms with E-state index in [-0.39, 0.29) is 6.61 Å². The largest absolute Gasteiger partial charge is 0.397 e. The Labute approximate surface area is 89.1 Å². The smallest absolute Gasteiger partial charge is 0.0402 e. The van der Waals surface area contributed by atoms with Crippen molar-refractivity contribution in [3.8, 4) is 0 Å². The maximum Gasteiger partial charge on any atom is 0.0402 e. The van der Waals surface area contributed by atoms with E-state index in [1.807, 2.05) is 0 Å². The van der Waals surface area contributed by atoms with E-state index in [2.05, 4.69) is 19.3 Å². The van der Waals surface area contributed by atoms with Gasteiger partial charge in [0.15, 0.2) is 0 Å². The van der Waals surface area contributed by atoms with Crippen LogP contribution in [0.5, 0.6) is 0 Å². The molecule has 2 N–H and O–H groups in total. The quantitative estimate of drug-likeness (QED) is 0.673. The third-order valence-electron chi connectivity index (χ3n) is 3.05. The summed E-state index contributed by atoms with van der Waals surface area (Å²) >= 11 is 0. The fourth-order valence-corrected chi connectivity index (χ4v) is 2.25. The first-order valence-electron chi connectivity index (χ1n) is 6.08. The van der Waals surface area contributed by atoms with Gasteiger partial charge in [-0.15, -0.1) is 0 Å². The molecule has 0 saturated heterocycles. The average molecular weight is 201 g/mol. The summed E-state index contributed by atoms with van der Waals surface area (Å²) in [5, 5.41) is 11.0. The topological polar surface area (TPSA) is 32.3 Å². The van der Waals surface area contributed by atoms with E-state index in [1.165, 1.54) is 38.5 Å². The Morgan fingerprint density at radius 3 is 2.21 bits per heavy atom. The number of hydrogen-bond donors (Lipinski definition) is 2. The predicted octanol–water partition coefficient (Wildman–Crippen LogP) is 2.56. The van der Waals surface area contributed by atoms with Crippen molar-refractivity contribution in [2.24, 2.45) is 5.92 Å². The molecule has 0 bridgehead atoms. The van der Waals surface area contributed by atoms with E-state index >= 15 is 0 Å². The van der Waals surface area contributed by atoms with Gasteiger partial charge in [-0.2, -0.15) is 0 Å². The molecule has 86 valence electrons. The van der Waals surface area contributed by atoms with Crippen LogP contribution in [0.1, 0.15) is 52.4 Å². The van der Waals surface area contributed by atoms with Gasteiger partial charge in [-0.1, -0.05) is 32.6 Å². The first kappa shape index (κ1) is 13.9. The number of aliphatic hydroxyl groups is 1. The Kier molecular flexibility index (Phi) is 9.42. The van der Waals surface area contributed by atoms with Gasteiger partial charge in [0.05, 0.1) is 0 Å². The molecule has 14 heavy (non-hydrogen) atoms. The molecule has 0 aliphatic heterocycles. The summed E-state index contributed by atoms with van der Waals surface area (Å²) in [4.78, 5) is 0. The molecule has 2 nitrogen and oxygen atoms in total. The summed E-state index contributed by atoms with van der Waals surface area (Å²) < 4.78 is 0. The van der Waals surface area contributed by atoms with Crippen molar-refractivity contribution in [2.75, 3.05) is 13.7 Å². The molecule has 1 fully saturated rings. The molecule has 1 aliphatic rings. The van der Waals surface area contributed by atoms with Gasteiger partial charge in [0, 0.05) is 12.6 Å². The molecule has 1 aliphatic carbocycles. The van der Waals surface area contributed by atoms with Crippen LogP contribution >= 0.6 is 0 Å². The Bertz CT molecular complexity index is 105. The molecule has 2 unspecified atom stereocenters. The molecule has 0 amide bonds. The summed E-state index contributed by atoms with van der Waals surface area (Å²) in [5.74, 6) is 0.947. The summed E-state index contributed by atoms with van der Waals surface area (Å²) in [6, 6.07) is 0.808. The maximum atomic E-state index is 7.57. The highest BCUT2D eigenvalue weighted by atomic mass is 16.2. The van der Waals surface area contributed by atoms with Crippen molar-refractivity contribution >= 4 is 0 Å². The molecule has 2 heteroatoms. The number of aliphatic hydroxyl groups excluding tert-OH is 1. The highest BCUT2D eigenvalue weighted by Crippen LogP contribution is 2.25. The number of hydrogen-bond acceptors (Lipinski definition) is 2. The third-order valence-corrected chi connectivity index (χ3v) is 3.05. The summed E-state index contributed by atoms with van der Waals surface area (Å²) in [6.07, 6.45) is 8.54. The van der Waals surface area contributed by atoms with Gasteiger partial charge in [0.25, 0.3) is 0 Å². The Hall–Kier alpha value is -0.0800. The van der Waals surface area contributed by atoms with E-state index in [0.29, 0.717) is 0 Å². The van der Waals surface area contributed by atoms with Crippen molar-refractivity contribution in [3.63, 3.8) is 0 Å². The molecular weight excluding hydrogens is 174 g/mol. The minimum Gasteiger partial charge on any atom is -0.397 e. The zero-order valence-corrected chi connectivity index (χ0v) is 10.1. The summed E-state index contributed by atoms with van der Waals surface area (Å²) in [5.41, 5.74) is 0. The van der Waals surface area contributed by atoms with E-state index in [1.54, 1.807) is 6.92 Å². The molecule has 0 aromatic rings. The van der Waals surface area contributed by atoms with Crippen molar-refractivity contribution in [2.45, 2.75) is 58.4 Å². The van der Waals surface area contributed by atoms with Crippen molar-refractivity contribution < 1.29 is 5.11 Å². The second-order valence-electron chi connectivity index (χ2n) is 4.02. The molecule has 0 spiro atoms. The van der Waals surface area contributed by atoms with Gasteiger partial charge >= 0.3 is 0 Å². The van der Waals surface area contributed by atoms with E-state index < -0.39 is 0 Å². The lowest BCUT2D eigenvalue weighted by molar-refractivity contribution is 0.318. The van der Waals surface area contributed by atoms with E-state index in [9.17, 15) is 0 Å². The second kappa shape index (κ2) is 9.47. The molecule has 2 atom stereocenters. The standard InChI is InChI=1S/C10H21N.C2H6O/c1-3-9-7-5-4-6-8-10(9)11-2;1-2-3/h9-11H,3-8H2,1-2H3;3H,2H2,1H3. The normalized spacial score (nSPS) is 27.4. The molecular formula is C12H27NO. The molecule has 0 aromatic carbocycles. The SMILES string of the molecule is CCC1CCCCCC1NC.CCO. The van der Waals surface area contributed by atoms with Crippen LogP contribution in [0.15, 0.2) is 0 Å². The monoisotopic (exact) mass is 201 g/mol. The minimum atomic E-state index is 0.250. The lowest BCUT2D eigenvalue weighted by Gasteiger charge is -2.22. The summed E-state index contributed by atoms with van der Waals surface area (Å²) in [6.45, 7) is 4.25. The van der Waals surface area contributed by atoms with E-state index in [4.69, 9.17) is 5.11 Å². The van der Waals surface area contributed by atoms with Gasteiger partial charge in [-0.25, -0.2) is 0 Å². The fraction of sp³-hybridized carbons (Fsp3) is 1.00. The molecule has 0 heterocycles. The second-order valence-corrected chi connectivity index (χ2v) is 4.02. The zero-order valence-electron chi connectivity index (χ0n) is 10.1. The Balaban J connectivity index is 0.000000500. The molecule has 1 rings (SSSR count). The minimum absolute atomic E-state index is 0.250. The Morgan fingerprint density at radius 2 is 1.71 bits per heavy atom. The highest BCUT2D eigenvalue weighted by molar-refractivity contribution is 4.76. The van der Waals surface area contributed by atoms with Gasteiger partial charge in [-0.3, -0.25) is 0 Å². The van der Waals surface area contributed by atoms with Crippen molar-refractivity contribution in [1.82, 2.24) is 5.32 Å². The van der Waals surface area contributed by atoms with Crippen LogP contribution in [0.25, 0.3) is 0 Å². The maximum absolute atomic E-state index is 7.57. The van der Waals surface area contributed by atoms with Gasteiger partial charge < -0.3 is 10.4 Å². The van der Waals surface area contributed by atoms with Crippen LogP contribution in [0.4, 0.5) is 0 Å². The van der Waals surface area contributed by atoms with E-state index in [0.717, 1.165) is 12.0 Å². The average Bonchev–Trinajstić information content (AvgIpc) is 2.42. The highest BCUT2D eigenvalue weighted by Gasteiger charge is 2.19. The molecule has 1 saturated carbocycles. The van der Waals surface area contributed by atoms with Crippen molar-refractivity contribution in [3.05, 3.63) is 0 Å². The Morgan fingerprint density at radius 1 is 1.14 bits per heavy atom. The zero-order chi connectivity index (χ0) is 10.8. The van der Waals surface area contributed by atoms with Crippen LogP contribution < -0.4 is 5.32 Å². The third kappa shape index (κ3) is 5.61. The summed E-state index contributed by atoms with van der Waals surface area (Å²) in [7, 11) is 2.11. The predicted molar refractivity (Wildman–Crippen MR) is 62.5 cm³/mol. The molecule has 0 radical (unpaired) electrons. The first-order chi connectivity index (χ1) is 6.79. The number of nitrogens with one attached hydrogen (secondary N) is 1. The fourth-order valence-electron chi connectivity index (χ4n) is 2.25. The first-order valence-corrected chi connectivity index (χ1v) is 6.08.